The van der Waals surface area contributed by atoms with E-state index >= 15 is 0 Å². The summed E-state index contributed by atoms with van der Waals surface area (Å²) in [5.74, 6) is -0.333. The van der Waals surface area contributed by atoms with Crippen molar-refractivity contribution >= 4 is 10.0 Å². The molecule has 0 unspecified atom stereocenters. The minimum absolute atomic E-state index is 0.0443. The number of hydrogen-bond donors (Lipinski definition) is 1. The van der Waals surface area contributed by atoms with Gasteiger partial charge in [0.15, 0.2) is 0 Å². The predicted molar refractivity (Wildman–Crippen MR) is 103 cm³/mol. The number of nitrogens with one attached hydrogen (secondary N) is 1. The van der Waals surface area contributed by atoms with Gasteiger partial charge in [0.1, 0.15) is 5.82 Å². The lowest BCUT2D eigenvalue weighted by Crippen LogP contribution is -2.26. The number of rotatable bonds is 5. The molecule has 0 saturated heterocycles. The molecule has 7 heteroatoms. The van der Waals surface area contributed by atoms with Gasteiger partial charge in [-0.2, -0.15) is 5.10 Å². The van der Waals surface area contributed by atoms with Crippen LogP contribution in [-0.2, 0) is 22.1 Å². The largest absolute Gasteiger partial charge is 0.259 e. The van der Waals surface area contributed by atoms with E-state index in [1.54, 1.807) is 41.1 Å². The van der Waals surface area contributed by atoms with E-state index in [9.17, 15) is 12.8 Å². The molecule has 5 nitrogen and oxygen atoms in total. The average molecular weight is 387 g/mol. The summed E-state index contributed by atoms with van der Waals surface area (Å²) in [5, 5.41) is 4.55. The summed E-state index contributed by atoms with van der Waals surface area (Å²) in [6, 6.07) is 16.2. The van der Waals surface area contributed by atoms with E-state index in [-0.39, 0.29) is 22.8 Å². The highest BCUT2D eigenvalue weighted by molar-refractivity contribution is 7.89. The first kappa shape index (κ1) is 19.3. The Kier molecular flexibility index (Phi) is 5.17. The molecule has 3 rings (SSSR count). The van der Waals surface area contributed by atoms with Gasteiger partial charge < -0.3 is 0 Å². The fourth-order valence-corrected chi connectivity index (χ4v) is 3.75. The predicted octanol–water partition coefficient (Wildman–Crippen LogP) is 3.92. The zero-order valence-electron chi connectivity index (χ0n) is 15.5. The van der Waals surface area contributed by atoms with Crippen molar-refractivity contribution in [1.82, 2.24) is 14.5 Å². The second-order valence-corrected chi connectivity index (χ2v) is 9.02. The molecule has 0 aliphatic carbocycles. The highest BCUT2D eigenvalue weighted by Crippen LogP contribution is 2.27. The maximum atomic E-state index is 13.7. The van der Waals surface area contributed by atoms with Crippen LogP contribution in [0.3, 0.4) is 0 Å². The molecule has 142 valence electrons. The summed E-state index contributed by atoms with van der Waals surface area (Å²) >= 11 is 0. The van der Waals surface area contributed by atoms with Crippen LogP contribution in [0.2, 0.25) is 0 Å². The van der Waals surface area contributed by atoms with Gasteiger partial charge in [0, 0.05) is 5.56 Å². The minimum atomic E-state index is -3.63. The van der Waals surface area contributed by atoms with Crippen LogP contribution in [0.4, 0.5) is 4.39 Å². The third-order valence-electron chi connectivity index (χ3n) is 4.01. The van der Waals surface area contributed by atoms with E-state index in [2.05, 4.69) is 9.82 Å². The smallest absolute Gasteiger partial charge is 0.240 e. The van der Waals surface area contributed by atoms with Gasteiger partial charge in [0.05, 0.1) is 28.4 Å². The lowest BCUT2D eigenvalue weighted by atomic mass is 10.1. The van der Waals surface area contributed by atoms with E-state index < -0.39 is 10.0 Å². The summed E-state index contributed by atoms with van der Waals surface area (Å²) in [7, 11) is -3.63. The van der Waals surface area contributed by atoms with Gasteiger partial charge in [-0.1, -0.05) is 30.3 Å². The van der Waals surface area contributed by atoms with Crippen LogP contribution in [0.5, 0.6) is 0 Å². The van der Waals surface area contributed by atoms with Crippen LogP contribution in [0.1, 0.15) is 26.5 Å². The molecule has 0 fully saturated rings. The SMILES string of the molecule is CC(C)(C)n1nc(CNS(=O)(=O)c2ccccc2)cc1-c1cccc(F)c1. The second kappa shape index (κ2) is 7.25. The maximum Gasteiger partial charge on any atom is 0.240 e. The summed E-state index contributed by atoms with van der Waals surface area (Å²) in [6.45, 7) is 6.00. The Labute approximate surface area is 158 Å². The standard InChI is InChI=1S/C20H22FN3O2S/c1-20(2,3)24-19(15-8-7-9-16(21)12-15)13-17(23-24)14-22-27(25,26)18-10-5-4-6-11-18/h4-13,22H,14H2,1-3H3. The van der Waals surface area contributed by atoms with Crippen LogP contribution in [0.15, 0.2) is 65.6 Å². The molecule has 0 saturated carbocycles. The van der Waals surface area contributed by atoms with E-state index in [1.807, 2.05) is 20.8 Å². The number of halogens is 1. The Bertz CT molecular complexity index is 1040. The van der Waals surface area contributed by atoms with Crippen molar-refractivity contribution in [3.05, 3.63) is 72.2 Å². The molecule has 1 N–H and O–H groups in total. The third-order valence-corrected chi connectivity index (χ3v) is 5.43. The lowest BCUT2D eigenvalue weighted by Gasteiger charge is -2.22. The highest BCUT2D eigenvalue weighted by atomic mass is 32.2. The number of sulfonamides is 1. The van der Waals surface area contributed by atoms with Crippen LogP contribution in [0, 0.1) is 5.82 Å². The van der Waals surface area contributed by atoms with E-state index in [4.69, 9.17) is 0 Å². The number of aromatic nitrogens is 2. The number of hydrogen-bond acceptors (Lipinski definition) is 3. The topological polar surface area (TPSA) is 64.0 Å². The first-order valence-electron chi connectivity index (χ1n) is 8.57. The molecule has 0 bridgehead atoms. The van der Waals surface area contributed by atoms with E-state index in [1.165, 1.54) is 24.3 Å². The van der Waals surface area contributed by atoms with Crippen molar-refractivity contribution in [2.75, 3.05) is 0 Å². The molecule has 0 spiro atoms. The molecule has 0 amide bonds. The van der Waals surface area contributed by atoms with Crippen molar-refractivity contribution in [3.8, 4) is 11.3 Å². The molecule has 1 aromatic heterocycles. The van der Waals surface area contributed by atoms with Gasteiger partial charge >= 0.3 is 0 Å². The number of benzene rings is 2. The van der Waals surface area contributed by atoms with Gasteiger partial charge in [0.25, 0.3) is 0 Å². The first-order chi connectivity index (χ1) is 12.7. The maximum absolute atomic E-state index is 13.7. The Hall–Kier alpha value is -2.51. The molecule has 3 aromatic rings. The van der Waals surface area contributed by atoms with Crippen LogP contribution in [0.25, 0.3) is 11.3 Å². The fourth-order valence-electron chi connectivity index (χ4n) is 2.73. The molecule has 0 radical (unpaired) electrons. The van der Waals surface area contributed by atoms with Crippen LogP contribution in [-0.4, -0.2) is 18.2 Å². The third kappa shape index (κ3) is 4.43. The van der Waals surface area contributed by atoms with Gasteiger partial charge in [0.2, 0.25) is 10.0 Å². The summed E-state index contributed by atoms with van der Waals surface area (Å²) in [5.41, 5.74) is 1.63. The minimum Gasteiger partial charge on any atom is -0.259 e. The summed E-state index contributed by atoms with van der Waals surface area (Å²) in [4.78, 5) is 0.200. The van der Waals surface area contributed by atoms with Crippen LogP contribution >= 0.6 is 0 Å². The Morgan fingerprint density at radius 2 is 1.74 bits per heavy atom. The zero-order valence-corrected chi connectivity index (χ0v) is 16.3. The molecule has 27 heavy (non-hydrogen) atoms. The second-order valence-electron chi connectivity index (χ2n) is 7.25. The monoisotopic (exact) mass is 387 g/mol. The molecule has 2 aromatic carbocycles. The van der Waals surface area contributed by atoms with Gasteiger partial charge in [-0.05, 0) is 51.1 Å². The van der Waals surface area contributed by atoms with Gasteiger partial charge in [-0.3, -0.25) is 4.68 Å². The first-order valence-corrected chi connectivity index (χ1v) is 10.1. The van der Waals surface area contributed by atoms with Crippen molar-refractivity contribution in [2.24, 2.45) is 0 Å². The molecule has 0 atom stereocenters. The molecular formula is C20H22FN3O2S. The van der Waals surface area contributed by atoms with Gasteiger partial charge in [-0.15, -0.1) is 0 Å². The Morgan fingerprint density at radius 1 is 1.04 bits per heavy atom. The fraction of sp³-hybridized carbons (Fsp3) is 0.250. The zero-order chi connectivity index (χ0) is 19.7. The van der Waals surface area contributed by atoms with E-state index in [0.717, 1.165) is 5.69 Å². The van der Waals surface area contributed by atoms with Crippen molar-refractivity contribution in [1.29, 1.82) is 0 Å². The van der Waals surface area contributed by atoms with Gasteiger partial charge in [-0.25, -0.2) is 17.5 Å². The molecule has 1 heterocycles. The van der Waals surface area contributed by atoms with Crippen molar-refractivity contribution < 1.29 is 12.8 Å². The van der Waals surface area contributed by atoms with Crippen molar-refractivity contribution in [2.45, 2.75) is 37.8 Å². The lowest BCUT2D eigenvalue weighted by molar-refractivity contribution is 0.357. The molecule has 0 aliphatic rings. The summed E-state index contributed by atoms with van der Waals surface area (Å²) in [6.07, 6.45) is 0. The summed E-state index contributed by atoms with van der Waals surface area (Å²) < 4.78 is 42.8. The van der Waals surface area contributed by atoms with Crippen molar-refractivity contribution in [3.63, 3.8) is 0 Å². The average Bonchev–Trinajstić information content (AvgIpc) is 3.06. The quantitative estimate of drug-likeness (QED) is 0.722. The Balaban J connectivity index is 1.91. The van der Waals surface area contributed by atoms with E-state index in [0.29, 0.717) is 11.3 Å². The normalized spacial score (nSPS) is 12.3. The Morgan fingerprint density at radius 3 is 2.37 bits per heavy atom. The number of nitrogens with zero attached hydrogens (tertiary/aromatic N) is 2. The van der Waals surface area contributed by atoms with Crippen LogP contribution < -0.4 is 4.72 Å². The molecular weight excluding hydrogens is 365 g/mol. The highest BCUT2D eigenvalue weighted by Gasteiger charge is 2.22. The molecule has 0 aliphatic heterocycles.